The molecule has 3 rings (SSSR count). The van der Waals surface area contributed by atoms with E-state index in [9.17, 15) is 4.79 Å². The Labute approximate surface area is 172 Å². The topological polar surface area (TPSA) is 45.4 Å². The van der Waals surface area contributed by atoms with Crippen molar-refractivity contribution in [2.45, 2.75) is 39.9 Å². The van der Waals surface area contributed by atoms with Crippen LogP contribution >= 0.6 is 12.2 Å². The Balaban J connectivity index is 1.54. The SMILES string of the molecule is Cc1cccc(-n2ccn(CN3CCN(CC(=O)NC(C)(C)C)CC3)c2=S)c1. The molecule has 7 heteroatoms. The molecule has 28 heavy (non-hydrogen) atoms. The number of imidazole rings is 1. The van der Waals surface area contributed by atoms with E-state index in [2.05, 4.69) is 55.4 Å². The van der Waals surface area contributed by atoms with Gasteiger partial charge >= 0.3 is 0 Å². The summed E-state index contributed by atoms with van der Waals surface area (Å²) in [6.07, 6.45) is 4.08. The van der Waals surface area contributed by atoms with E-state index in [-0.39, 0.29) is 11.4 Å². The van der Waals surface area contributed by atoms with Crippen LogP contribution in [0.1, 0.15) is 26.3 Å². The molecule has 1 aromatic heterocycles. The molecule has 0 radical (unpaired) electrons. The second-order valence-electron chi connectivity index (χ2n) is 8.59. The third-order valence-electron chi connectivity index (χ3n) is 4.83. The van der Waals surface area contributed by atoms with Gasteiger partial charge in [0.25, 0.3) is 0 Å². The predicted octanol–water partition coefficient (Wildman–Crippen LogP) is 2.81. The molecule has 1 fully saturated rings. The zero-order chi connectivity index (χ0) is 20.3. The van der Waals surface area contributed by atoms with Crippen molar-refractivity contribution in [3.05, 3.63) is 47.0 Å². The molecule has 1 aliphatic rings. The van der Waals surface area contributed by atoms with Crippen molar-refractivity contribution < 1.29 is 4.79 Å². The number of hydrogen-bond acceptors (Lipinski definition) is 4. The third kappa shape index (κ3) is 5.53. The normalized spacial score (nSPS) is 16.3. The number of nitrogens with zero attached hydrogens (tertiary/aromatic N) is 4. The summed E-state index contributed by atoms with van der Waals surface area (Å²) in [7, 11) is 0. The largest absolute Gasteiger partial charge is 0.350 e. The van der Waals surface area contributed by atoms with Gasteiger partial charge in [0.2, 0.25) is 5.91 Å². The van der Waals surface area contributed by atoms with Crippen LogP contribution in [0, 0.1) is 11.7 Å². The number of piperazine rings is 1. The summed E-state index contributed by atoms with van der Waals surface area (Å²) in [6.45, 7) is 13.0. The van der Waals surface area contributed by atoms with Crippen molar-refractivity contribution in [2.24, 2.45) is 0 Å². The molecule has 152 valence electrons. The maximum Gasteiger partial charge on any atom is 0.234 e. The summed E-state index contributed by atoms with van der Waals surface area (Å²) >= 11 is 5.69. The van der Waals surface area contributed by atoms with Crippen molar-refractivity contribution in [3.8, 4) is 5.69 Å². The Bertz CT molecular complexity index is 871. The van der Waals surface area contributed by atoms with Crippen molar-refractivity contribution in [1.29, 1.82) is 0 Å². The highest BCUT2D eigenvalue weighted by molar-refractivity contribution is 7.71. The van der Waals surface area contributed by atoms with Crippen LogP contribution in [0.2, 0.25) is 0 Å². The quantitative estimate of drug-likeness (QED) is 0.783. The first-order valence-electron chi connectivity index (χ1n) is 9.82. The average Bonchev–Trinajstić information content (AvgIpc) is 2.95. The van der Waals surface area contributed by atoms with E-state index in [4.69, 9.17) is 12.2 Å². The number of aromatic nitrogens is 2. The molecule has 2 heterocycles. The Kier molecular flexibility index (Phi) is 6.37. The van der Waals surface area contributed by atoms with Crippen LogP contribution in [0.5, 0.6) is 0 Å². The minimum atomic E-state index is -0.181. The lowest BCUT2D eigenvalue weighted by atomic mass is 10.1. The molecule has 1 saturated heterocycles. The summed E-state index contributed by atoms with van der Waals surface area (Å²) in [6, 6.07) is 8.36. The van der Waals surface area contributed by atoms with Crippen molar-refractivity contribution >= 4 is 18.1 Å². The molecule has 1 amide bonds. The number of carbonyl (C=O) groups is 1. The van der Waals surface area contributed by atoms with E-state index in [1.54, 1.807) is 0 Å². The molecule has 2 aromatic rings. The molecule has 1 aliphatic heterocycles. The van der Waals surface area contributed by atoms with Crippen LogP contribution in [0.15, 0.2) is 36.7 Å². The lowest BCUT2D eigenvalue weighted by molar-refractivity contribution is -0.124. The lowest BCUT2D eigenvalue weighted by Gasteiger charge is -2.34. The molecule has 0 bridgehead atoms. The number of benzene rings is 1. The lowest BCUT2D eigenvalue weighted by Crippen LogP contribution is -2.51. The van der Waals surface area contributed by atoms with Crippen LogP contribution in [0.4, 0.5) is 0 Å². The Hall–Kier alpha value is -1.96. The fourth-order valence-electron chi connectivity index (χ4n) is 3.46. The maximum absolute atomic E-state index is 12.1. The zero-order valence-electron chi connectivity index (χ0n) is 17.3. The van der Waals surface area contributed by atoms with Crippen LogP contribution in [0.3, 0.4) is 0 Å². The molecule has 0 spiro atoms. The molecule has 0 unspecified atom stereocenters. The number of rotatable bonds is 5. The molecule has 0 aliphatic carbocycles. The number of amides is 1. The maximum atomic E-state index is 12.1. The summed E-state index contributed by atoms with van der Waals surface area (Å²) in [5, 5.41) is 3.03. The van der Waals surface area contributed by atoms with Gasteiger partial charge in [0.15, 0.2) is 4.77 Å². The van der Waals surface area contributed by atoms with Crippen molar-refractivity contribution in [3.63, 3.8) is 0 Å². The molecule has 1 aromatic carbocycles. The second-order valence-corrected chi connectivity index (χ2v) is 8.96. The van der Waals surface area contributed by atoms with E-state index >= 15 is 0 Å². The summed E-state index contributed by atoms with van der Waals surface area (Å²) in [5.74, 6) is 0.0957. The standard InChI is InChI=1S/C21H31N5OS/c1-17-6-5-7-18(14-17)26-13-12-25(20(26)28)16-24-10-8-23(9-11-24)15-19(27)22-21(2,3)4/h5-7,12-14H,8-11,15-16H2,1-4H3,(H,22,27). The monoisotopic (exact) mass is 401 g/mol. The smallest absolute Gasteiger partial charge is 0.234 e. The minimum Gasteiger partial charge on any atom is -0.350 e. The second kappa shape index (κ2) is 8.59. The fourth-order valence-corrected chi connectivity index (χ4v) is 3.75. The minimum absolute atomic E-state index is 0.0957. The van der Waals surface area contributed by atoms with Gasteiger partial charge in [0.1, 0.15) is 0 Å². The Morgan fingerprint density at radius 2 is 1.79 bits per heavy atom. The van der Waals surface area contributed by atoms with Gasteiger partial charge in [-0.2, -0.15) is 0 Å². The predicted molar refractivity (Wildman–Crippen MR) is 115 cm³/mol. The Morgan fingerprint density at radius 3 is 2.43 bits per heavy atom. The Morgan fingerprint density at radius 1 is 1.11 bits per heavy atom. The van der Waals surface area contributed by atoms with E-state index in [0.717, 1.165) is 43.3 Å². The van der Waals surface area contributed by atoms with E-state index < -0.39 is 0 Å². The summed E-state index contributed by atoms with van der Waals surface area (Å²) < 4.78 is 4.97. The number of aryl methyl sites for hydroxylation is 1. The number of carbonyl (C=O) groups excluding carboxylic acids is 1. The molecule has 1 N–H and O–H groups in total. The van der Waals surface area contributed by atoms with Gasteiger partial charge in [-0.3, -0.25) is 19.2 Å². The third-order valence-corrected chi connectivity index (χ3v) is 5.26. The van der Waals surface area contributed by atoms with Crippen molar-refractivity contribution in [2.75, 3.05) is 32.7 Å². The molecule has 0 atom stereocenters. The van der Waals surface area contributed by atoms with Gasteiger partial charge in [0.05, 0.1) is 13.2 Å². The first-order valence-corrected chi connectivity index (χ1v) is 10.2. The van der Waals surface area contributed by atoms with Crippen molar-refractivity contribution in [1.82, 2.24) is 24.3 Å². The average molecular weight is 402 g/mol. The van der Waals surface area contributed by atoms with Gasteiger partial charge in [-0.05, 0) is 57.6 Å². The van der Waals surface area contributed by atoms with Crippen LogP contribution < -0.4 is 5.32 Å². The molecule has 6 nitrogen and oxygen atoms in total. The van der Waals surface area contributed by atoms with Gasteiger partial charge in [-0.15, -0.1) is 0 Å². The first kappa shape index (κ1) is 20.8. The number of hydrogen-bond donors (Lipinski definition) is 1. The fraction of sp³-hybridized carbons (Fsp3) is 0.524. The summed E-state index contributed by atoms with van der Waals surface area (Å²) in [4.78, 5) is 16.7. The van der Waals surface area contributed by atoms with Gasteiger partial charge in [-0.25, -0.2) is 0 Å². The highest BCUT2D eigenvalue weighted by Gasteiger charge is 2.21. The molecule has 0 saturated carbocycles. The molecular formula is C21H31N5OS. The first-order chi connectivity index (χ1) is 13.2. The van der Waals surface area contributed by atoms with Crippen LogP contribution in [0.25, 0.3) is 5.69 Å². The van der Waals surface area contributed by atoms with Crippen LogP contribution in [-0.2, 0) is 11.5 Å². The van der Waals surface area contributed by atoms with Gasteiger partial charge < -0.3 is 9.88 Å². The molecular weight excluding hydrogens is 370 g/mol. The van der Waals surface area contributed by atoms with Crippen LogP contribution in [-0.4, -0.2) is 63.1 Å². The van der Waals surface area contributed by atoms with E-state index in [1.807, 2.05) is 33.2 Å². The highest BCUT2D eigenvalue weighted by atomic mass is 32.1. The van der Waals surface area contributed by atoms with Gasteiger partial charge in [-0.1, -0.05) is 12.1 Å². The van der Waals surface area contributed by atoms with E-state index in [1.165, 1.54) is 5.56 Å². The van der Waals surface area contributed by atoms with E-state index in [0.29, 0.717) is 6.54 Å². The zero-order valence-corrected chi connectivity index (χ0v) is 18.1. The summed E-state index contributed by atoms with van der Waals surface area (Å²) in [5.41, 5.74) is 2.14. The van der Waals surface area contributed by atoms with Gasteiger partial charge in [0, 0.05) is 49.8 Å². The highest BCUT2D eigenvalue weighted by Crippen LogP contribution is 2.13. The number of nitrogens with one attached hydrogen (secondary N) is 1.